The van der Waals surface area contributed by atoms with Crippen molar-refractivity contribution >= 4 is 34.5 Å². The number of rotatable bonds is 3. The monoisotopic (exact) mass is 389 g/mol. The fourth-order valence-electron chi connectivity index (χ4n) is 2.23. The van der Waals surface area contributed by atoms with Crippen molar-refractivity contribution < 1.29 is 19.4 Å². The van der Waals surface area contributed by atoms with E-state index in [1.807, 2.05) is 25.1 Å². The molecule has 1 amide bonds. The average Bonchev–Trinajstić information content (AvgIpc) is 2.41. The lowest BCUT2D eigenvalue weighted by Gasteiger charge is -2.32. The van der Waals surface area contributed by atoms with Crippen molar-refractivity contribution in [1.82, 2.24) is 4.90 Å². The minimum Gasteiger partial charge on any atom is -0.481 e. The van der Waals surface area contributed by atoms with Gasteiger partial charge in [0.2, 0.25) is 0 Å². The number of halogens is 1. The van der Waals surface area contributed by atoms with Crippen LogP contribution in [0.5, 0.6) is 0 Å². The standard InChI is InChI=1S/C14H16INO4/c1-9-11(3-2-4-12(9)15)14(19)16-5-6-20-10(8-16)7-13(17)18/h2-4,10H,5-8H2,1H3,(H,17,18). The second kappa shape index (κ2) is 6.53. The second-order valence-corrected chi connectivity index (χ2v) is 5.92. The Labute approximate surface area is 131 Å². The first-order valence-electron chi connectivity index (χ1n) is 6.37. The van der Waals surface area contributed by atoms with Gasteiger partial charge >= 0.3 is 5.97 Å². The Bertz CT molecular complexity index is 532. The summed E-state index contributed by atoms with van der Waals surface area (Å²) < 4.78 is 6.43. The maximum Gasteiger partial charge on any atom is 0.306 e. The van der Waals surface area contributed by atoms with E-state index in [1.54, 1.807) is 4.90 Å². The summed E-state index contributed by atoms with van der Waals surface area (Å²) >= 11 is 2.20. The van der Waals surface area contributed by atoms with Crippen LogP contribution in [0.3, 0.4) is 0 Å². The van der Waals surface area contributed by atoms with E-state index in [1.165, 1.54) is 0 Å². The summed E-state index contributed by atoms with van der Waals surface area (Å²) in [5.74, 6) is -0.963. The number of hydrogen-bond acceptors (Lipinski definition) is 3. The third kappa shape index (κ3) is 3.49. The minimum absolute atomic E-state index is 0.0558. The van der Waals surface area contributed by atoms with Gasteiger partial charge in [-0.3, -0.25) is 9.59 Å². The van der Waals surface area contributed by atoms with Crippen LogP contribution in [0.15, 0.2) is 18.2 Å². The van der Waals surface area contributed by atoms with Crippen molar-refractivity contribution in [3.63, 3.8) is 0 Å². The van der Waals surface area contributed by atoms with Crippen LogP contribution in [0.4, 0.5) is 0 Å². The van der Waals surface area contributed by atoms with Gasteiger partial charge in [0.25, 0.3) is 5.91 Å². The third-order valence-electron chi connectivity index (χ3n) is 3.33. The van der Waals surface area contributed by atoms with E-state index in [9.17, 15) is 9.59 Å². The third-order valence-corrected chi connectivity index (χ3v) is 4.50. The first kappa shape index (κ1) is 15.2. The molecule has 1 aromatic carbocycles. The van der Waals surface area contributed by atoms with E-state index < -0.39 is 12.1 Å². The van der Waals surface area contributed by atoms with Crippen molar-refractivity contribution in [2.24, 2.45) is 0 Å². The lowest BCUT2D eigenvalue weighted by atomic mass is 10.1. The summed E-state index contributed by atoms with van der Waals surface area (Å²) in [6.07, 6.45) is -0.497. The van der Waals surface area contributed by atoms with Gasteiger partial charge in [0.05, 0.1) is 19.1 Å². The predicted molar refractivity (Wildman–Crippen MR) is 81.8 cm³/mol. The van der Waals surface area contributed by atoms with Crippen molar-refractivity contribution in [3.05, 3.63) is 32.9 Å². The van der Waals surface area contributed by atoms with E-state index >= 15 is 0 Å². The second-order valence-electron chi connectivity index (χ2n) is 4.75. The lowest BCUT2D eigenvalue weighted by Crippen LogP contribution is -2.46. The first-order valence-corrected chi connectivity index (χ1v) is 7.44. The quantitative estimate of drug-likeness (QED) is 0.803. The number of carboxylic acids is 1. The molecule has 1 aliphatic heterocycles. The molecule has 1 heterocycles. The van der Waals surface area contributed by atoms with Crippen LogP contribution in [0.25, 0.3) is 0 Å². The summed E-state index contributed by atoms with van der Waals surface area (Å²) in [5, 5.41) is 8.80. The molecule has 108 valence electrons. The zero-order valence-corrected chi connectivity index (χ0v) is 13.3. The SMILES string of the molecule is Cc1c(I)cccc1C(=O)N1CCOC(CC(=O)O)C1. The molecule has 0 aromatic heterocycles. The zero-order valence-electron chi connectivity index (χ0n) is 11.1. The van der Waals surface area contributed by atoms with Gasteiger partial charge in [-0.2, -0.15) is 0 Å². The molecule has 20 heavy (non-hydrogen) atoms. The van der Waals surface area contributed by atoms with Crippen LogP contribution < -0.4 is 0 Å². The van der Waals surface area contributed by atoms with E-state index in [0.29, 0.717) is 25.3 Å². The number of amides is 1. The van der Waals surface area contributed by atoms with Gasteiger partial charge in [0.1, 0.15) is 0 Å². The normalized spacial score (nSPS) is 18.9. The van der Waals surface area contributed by atoms with Crippen LogP contribution in [0.1, 0.15) is 22.3 Å². The number of carbonyl (C=O) groups excluding carboxylic acids is 1. The summed E-state index contributed by atoms with van der Waals surface area (Å²) in [7, 11) is 0. The largest absolute Gasteiger partial charge is 0.481 e. The Balaban J connectivity index is 2.12. The molecule has 0 spiro atoms. The molecular formula is C14H16INO4. The van der Waals surface area contributed by atoms with Crippen molar-refractivity contribution in [1.29, 1.82) is 0 Å². The molecule has 5 nitrogen and oxygen atoms in total. The summed E-state index contributed by atoms with van der Waals surface area (Å²) in [5.41, 5.74) is 1.63. The number of carbonyl (C=O) groups is 2. The van der Waals surface area contributed by atoms with Crippen LogP contribution in [0.2, 0.25) is 0 Å². The highest BCUT2D eigenvalue weighted by atomic mass is 127. The Hall–Kier alpha value is -1.15. The van der Waals surface area contributed by atoms with E-state index in [2.05, 4.69) is 22.6 Å². The van der Waals surface area contributed by atoms with Crippen LogP contribution >= 0.6 is 22.6 Å². The molecule has 1 saturated heterocycles. The number of morpholine rings is 1. The Kier molecular flexibility index (Phi) is 4.98. The predicted octanol–water partition coefficient (Wildman–Crippen LogP) is 1.92. The highest BCUT2D eigenvalue weighted by Gasteiger charge is 2.27. The van der Waals surface area contributed by atoms with Crippen LogP contribution in [-0.4, -0.2) is 47.7 Å². The molecule has 1 N–H and O–H groups in total. The molecule has 2 rings (SSSR count). The Morgan fingerprint density at radius 2 is 2.25 bits per heavy atom. The maximum absolute atomic E-state index is 12.5. The Morgan fingerprint density at radius 3 is 2.95 bits per heavy atom. The lowest BCUT2D eigenvalue weighted by molar-refractivity contribution is -0.141. The van der Waals surface area contributed by atoms with Crippen LogP contribution in [0, 0.1) is 10.5 Å². The number of hydrogen-bond donors (Lipinski definition) is 1. The van der Waals surface area contributed by atoms with Gasteiger partial charge in [-0.25, -0.2) is 0 Å². The van der Waals surface area contributed by atoms with Gasteiger partial charge in [-0.15, -0.1) is 0 Å². The number of benzene rings is 1. The van der Waals surface area contributed by atoms with Gasteiger partial charge in [-0.1, -0.05) is 6.07 Å². The van der Waals surface area contributed by atoms with Crippen molar-refractivity contribution in [3.8, 4) is 0 Å². The maximum atomic E-state index is 12.5. The van der Waals surface area contributed by atoms with E-state index in [4.69, 9.17) is 9.84 Å². The minimum atomic E-state index is -0.908. The van der Waals surface area contributed by atoms with Gasteiger partial charge in [0, 0.05) is 22.2 Å². The highest BCUT2D eigenvalue weighted by Crippen LogP contribution is 2.19. The van der Waals surface area contributed by atoms with Gasteiger partial charge in [0.15, 0.2) is 0 Å². The fourth-order valence-corrected chi connectivity index (χ4v) is 2.73. The molecular weight excluding hydrogens is 373 g/mol. The molecule has 1 unspecified atom stereocenters. The molecule has 1 aromatic rings. The fraction of sp³-hybridized carbons (Fsp3) is 0.429. The number of ether oxygens (including phenoxy) is 1. The molecule has 0 saturated carbocycles. The molecule has 0 aliphatic carbocycles. The topological polar surface area (TPSA) is 66.8 Å². The van der Waals surface area contributed by atoms with Crippen molar-refractivity contribution in [2.45, 2.75) is 19.4 Å². The molecule has 6 heteroatoms. The molecule has 1 atom stereocenters. The number of aliphatic carboxylic acids is 1. The van der Waals surface area contributed by atoms with Crippen molar-refractivity contribution in [2.75, 3.05) is 19.7 Å². The molecule has 0 bridgehead atoms. The number of carboxylic acid groups (broad SMARTS) is 1. The summed E-state index contributed by atoms with van der Waals surface area (Å²) in [6.45, 7) is 3.13. The number of nitrogens with zero attached hydrogens (tertiary/aromatic N) is 1. The van der Waals surface area contributed by atoms with Gasteiger partial charge < -0.3 is 14.7 Å². The highest BCUT2D eigenvalue weighted by molar-refractivity contribution is 14.1. The zero-order chi connectivity index (χ0) is 14.7. The Morgan fingerprint density at radius 1 is 1.50 bits per heavy atom. The smallest absolute Gasteiger partial charge is 0.306 e. The summed E-state index contributed by atoms with van der Waals surface area (Å²) in [4.78, 5) is 24.9. The van der Waals surface area contributed by atoms with E-state index in [-0.39, 0.29) is 12.3 Å². The molecule has 0 radical (unpaired) electrons. The van der Waals surface area contributed by atoms with Crippen LogP contribution in [-0.2, 0) is 9.53 Å². The molecule has 1 fully saturated rings. The van der Waals surface area contributed by atoms with Gasteiger partial charge in [-0.05, 0) is 47.2 Å². The van der Waals surface area contributed by atoms with E-state index in [0.717, 1.165) is 9.13 Å². The average molecular weight is 389 g/mol. The first-order chi connectivity index (χ1) is 9.49. The summed E-state index contributed by atoms with van der Waals surface area (Å²) in [6, 6.07) is 5.62. The molecule has 1 aliphatic rings.